The number of benzene rings is 2. The molecule has 0 spiro atoms. The van der Waals surface area contributed by atoms with Crippen LogP contribution in [0.25, 0.3) is 33.0 Å². The monoisotopic (exact) mass is 618 g/mol. The van der Waals surface area contributed by atoms with E-state index in [4.69, 9.17) is 20.7 Å². The lowest BCUT2D eigenvalue weighted by Gasteiger charge is -2.31. The lowest BCUT2D eigenvalue weighted by molar-refractivity contribution is -0.137. The quantitative estimate of drug-likeness (QED) is 0.253. The first-order valence-corrected chi connectivity index (χ1v) is 14.7. The number of terminal acetylenes is 1. The summed E-state index contributed by atoms with van der Waals surface area (Å²) in [7, 11) is 1.67. The van der Waals surface area contributed by atoms with E-state index < -0.39 is 29.1 Å². The Morgan fingerprint density at radius 2 is 2.11 bits per heavy atom. The van der Waals surface area contributed by atoms with Crippen LogP contribution in [0.15, 0.2) is 33.5 Å². The molecule has 2 atom stereocenters. The molecule has 2 saturated heterocycles. The molecule has 0 bridgehead atoms. The van der Waals surface area contributed by atoms with E-state index in [1.807, 2.05) is 0 Å². The predicted octanol–water partition coefficient (Wildman–Crippen LogP) is 4.79. The van der Waals surface area contributed by atoms with Gasteiger partial charge in [0.2, 0.25) is 0 Å². The standard InChI is InChI=1S/C33H32F2N4O6/c1-4-22-24(35)9-8-19-13-21(40)14-23(26(19)22)29-18(2)28-27(31(43)45-29)30(38(3)11-5-7-25(41)42)37-32(36-28)44-17-33-10-6-12-39(33)16-20(34)15-33/h1,8-9,13-14,20,40H,5-7,10-12,15-17H2,2-3H3,(H,41,42)/t20-,33+/m1/s1. The highest BCUT2D eigenvalue weighted by molar-refractivity contribution is 6.03. The molecule has 0 amide bonds. The molecule has 0 unspecified atom stereocenters. The van der Waals surface area contributed by atoms with E-state index in [2.05, 4.69) is 20.8 Å². The van der Waals surface area contributed by atoms with Gasteiger partial charge in [-0.1, -0.05) is 12.0 Å². The molecular formula is C33H32F2N4O6. The van der Waals surface area contributed by atoms with Gasteiger partial charge < -0.3 is 24.3 Å². The van der Waals surface area contributed by atoms with E-state index in [1.165, 1.54) is 24.3 Å². The number of carboxylic acids is 1. The summed E-state index contributed by atoms with van der Waals surface area (Å²) in [6.07, 6.45) is 6.95. The van der Waals surface area contributed by atoms with E-state index in [-0.39, 0.29) is 76.7 Å². The number of carbonyl (C=O) groups is 1. The number of phenols is 1. The largest absolute Gasteiger partial charge is 0.508 e. The number of halogens is 2. The molecule has 234 valence electrons. The summed E-state index contributed by atoms with van der Waals surface area (Å²) in [5, 5.41) is 20.4. The van der Waals surface area contributed by atoms with Gasteiger partial charge in [0.25, 0.3) is 0 Å². The minimum atomic E-state index is -0.954. The van der Waals surface area contributed by atoms with Gasteiger partial charge in [0.1, 0.15) is 35.5 Å². The van der Waals surface area contributed by atoms with Crippen LogP contribution in [-0.2, 0) is 4.79 Å². The van der Waals surface area contributed by atoms with Crippen molar-refractivity contribution in [2.24, 2.45) is 0 Å². The molecule has 2 aromatic carbocycles. The van der Waals surface area contributed by atoms with Crippen LogP contribution < -0.4 is 15.3 Å². The van der Waals surface area contributed by atoms with Gasteiger partial charge in [-0.3, -0.25) is 9.69 Å². The molecule has 2 fully saturated rings. The van der Waals surface area contributed by atoms with Gasteiger partial charge in [-0.25, -0.2) is 13.6 Å². The summed E-state index contributed by atoms with van der Waals surface area (Å²) < 4.78 is 41.2. The first-order valence-electron chi connectivity index (χ1n) is 14.7. The number of hydrogen-bond acceptors (Lipinski definition) is 9. The summed E-state index contributed by atoms with van der Waals surface area (Å²) in [5.41, 5.74) is -0.565. The molecule has 0 saturated carbocycles. The summed E-state index contributed by atoms with van der Waals surface area (Å²) in [4.78, 5) is 37.8. The number of aliphatic carboxylic acids is 1. The number of aromatic hydroxyl groups is 1. The lowest BCUT2D eigenvalue weighted by atomic mass is 9.95. The van der Waals surface area contributed by atoms with Crippen molar-refractivity contribution in [3.05, 3.63) is 51.6 Å². The third-order valence-electron chi connectivity index (χ3n) is 8.88. The zero-order valence-corrected chi connectivity index (χ0v) is 24.9. The molecule has 2 aromatic heterocycles. The molecule has 0 radical (unpaired) electrons. The maximum absolute atomic E-state index is 14.8. The van der Waals surface area contributed by atoms with Crippen molar-refractivity contribution in [1.29, 1.82) is 0 Å². The van der Waals surface area contributed by atoms with Gasteiger partial charge in [-0.05, 0) is 56.3 Å². The van der Waals surface area contributed by atoms with E-state index >= 15 is 0 Å². The predicted molar refractivity (Wildman–Crippen MR) is 164 cm³/mol. The summed E-state index contributed by atoms with van der Waals surface area (Å²) in [6.45, 7) is 3.19. The maximum Gasteiger partial charge on any atom is 0.349 e. The van der Waals surface area contributed by atoms with Crippen LogP contribution in [-0.4, -0.2) is 76.0 Å². The Morgan fingerprint density at radius 3 is 2.87 bits per heavy atom. The first-order chi connectivity index (χ1) is 21.5. The highest BCUT2D eigenvalue weighted by Crippen LogP contribution is 2.41. The maximum atomic E-state index is 14.8. The number of carboxylic acid groups (broad SMARTS) is 1. The Kier molecular flexibility index (Phi) is 7.82. The average Bonchev–Trinajstić information content (AvgIpc) is 3.52. The van der Waals surface area contributed by atoms with Crippen molar-refractivity contribution in [3.63, 3.8) is 0 Å². The normalized spacial score (nSPS) is 19.6. The van der Waals surface area contributed by atoms with E-state index in [0.717, 1.165) is 19.4 Å². The van der Waals surface area contributed by atoms with Crippen LogP contribution in [0.4, 0.5) is 14.6 Å². The molecule has 2 N–H and O–H groups in total. The van der Waals surface area contributed by atoms with E-state index in [1.54, 1.807) is 18.9 Å². The number of anilines is 1. The minimum absolute atomic E-state index is 0.0243. The fraction of sp³-hybridized carbons (Fsp3) is 0.394. The van der Waals surface area contributed by atoms with Crippen LogP contribution >= 0.6 is 0 Å². The van der Waals surface area contributed by atoms with Gasteiger partial charge in [-0.15, -0.1) is 6.42 Å². The Hall–Kier alpha value is -4.76. The number of hydrogen-bond donors (Lipinski definition) is 2. The summed E-state index contributed by atoms with van der Waals surface area (Å²) >= 11 is 0. The molecule has 12 heteroatoms. The van der Waals surface area contributed by atoms with Gasteiger partial charge in [-0.2, -0.15) is 9.97 Å². The van der Waals surface area contributed by atoms with Crippen molar-refractivity contribution in [1.82, 2.24) is 14.9 Å². The number of fused-ring (bicyclic) bond motifs is 3. The first kappa shape index (κ1) is 30.3. The van der Waals surface area contributed by atoms with Crippen LogP contribution in [0.3, 0.4) is 0 Å². The second kappa shape index (κ2) is 11.6. The highest BCUT2D eigenvalue weighted by atomic mass is 19.1. The lowest BCUT2D eigenvalue weighted by Crippen LogP contribution is -2.43. The van der Waals surface area contributed by atoms with Crippen LogP contribution in [0.1, 0.15) is 43.2 Å². The fourth-order valence-corrected chi connectivity index (χ4v) is 6.78. The molecule has 45 heavy (non-hydrogen) atoms. The Morgan fingerprint density at radius 1 is 1.31 bits per heavy atom. The number of aromatic nitrogens is 2. The summed E-state index contributed by atoms with van der Waals surface area (Å²) in [6, 6.07) is 5.41. The van der Waals surface area contributed by atoms with Crippen LogP contribution in [0.5, 0.6) is 11.8 Å². The smallest absolute Gasteiger partial charge is 0.349 e. The van der Waals surface area contributed by atoms with E-state index in [9.17, 15) is 23.5 Å². The van der Waals surface area contributed by atoms with Crippen molar-refractivity contribution >= 4 is 33.5 Å². The molecule has 0 aliphatic carbocycles. The third-order valence-corrected chi connectivity index (χ3v) is 8.88. The van der Waals surface area contributed by atoms with Crippen molar-refractivity contribution in [3.8, 4) is 35.4 Å². The molecule has 4 aromatic rings. The Bertz CT molecular complexity index is 1940. The average molecular weight is 619 g/mol. The van der Waals surface area contributed by atoms with E-state index in [0.29, 0.717) is 23.9 Å². The molecule has 2 aliphatic rings. The van der Waals surface area contributed by atoms with Gasteiger partial charge in [0.15, 0.2) is 5.82 Å². The number of alkyl halides is 1. The molecule has 2 aliphatic heterocycles. The Balaban J connectivity index is 1.52. The topological polar surface area (TPSA) is 129 Å². The fourth-order valence-electron chi connectivity index (χ4n) is 6.78. The van der Waals surface area contributed by atoms with Gasteiger partial charge in [0.05, 0.1) is 16.6 Å². The molecule has 10 nitrogen and oxygen atoms in total. The zero-order chi connectivity index (χ0) is 32.0. The second-order valence-corrected chi connectivity index (χ2v) is 11.8. The molecule has 6 rings (SSSR count). The summed E-state index contributed by atoms with van der Waals surface area (Å²) in [5.74, 6) is 0.810. The van der Waals surface area contributed by atoms with Crippen molar-refractivity contribution in [2.75, 3.05) is 38.2 Å². The highest BCUT2D eigenvalue weighted by Gasteiger charge is 2.49. The zero-order valence-electron chi connectivity index (χ0n) is 24.9. The van der Waals surface area contributed by atoms with Crippen LogP contribution in [0, 0.1) is 25.1 Å². The number of nitrogens with zero attached hydrogens (tertiary/aromatic N) is 4. The third kappa shape index (κ3) is 5.42. The van der Waals surface area contributed by atoms with Crippen LogP contribution in [0.2, 0.25) is 0 Å². The van der Waals surface area contributed by atoms with Crippen molar-refractivity contribution in [2.45, 2.75) is 50.7 Å². The molecule has 4 heterocycles. The molecular weight excluding hydrogens is 586 g/mol. The van der Waals surface area contributed by atoms with Crippen molar-refractivity contribution < 1.29 is 32.9 Å². The number of ether oxygens (including phenoxy) is 1. The number of aryl methyl sites for hydroxylation is 1. The van der Waals surface area contributed by atoms with Gasteiger partial charge in [0, 0.05) is 49.5 Å². The number of rotatable bonds is 9. The second-order valence-electron chi connectivity index (χ2n) is 11.8. The Labute approximate surface area is 257 Å². The SMILES string of the molecule is C#Cc1c(F)ccc2cc(O)cc(-c3oc(=O)c4c(N(C)CCCC(=O)O)nc(OC[C@@]56CCCN5C[C@H](F)C6)nc4c3C)c12. The minimum Gasteiger partial charge on any atom is -0.508 e. The van der Waals surface area contributed by atoms with Gasteiger partial charge >= 0.3 is 17.6 Å². The number of phenolic OH excluding ortho intramolecular Hbond substituents is 1.